The molecule has 23 heavy (non-hydrogen) atoms. The van der Waals surface area contributed by atoms with Gasteiger partial charge in [-0.3, -0.25) is 0 Å². The number of nitrogens with zero attached hydrogens (tertiary/aromatic N) is 1. The van der Waals surface area contributed by atoms with Crippen LogP contribution in [0.1, 0.15) is 38.7 Å². The number of halogens is 1. The second-order valence-corrected chi connectivity index (χ2v) is 8.60. The normalized spacial score (nSPS) is 17.2. The van der Waals surface area contributed by atoms with Crippen LogP contribution in [0.2, 0.25) is 0 Å². The molecule has 0 aliphatic carbocycles. The molecule has 0 spiro atoms. The van der Waals surface area contributed by atoms with Gasteiger partial charge in [0, 0.05) is 13.1 Å². The van der Waals surface area contributed by atoms with E-state index in [0.29, 0.717) is 36.4 Å². The minimum Gasteiger partial charge on any atom is -0.330 e. The lowest BCUT2D eigenvalue weighted by Crippen LogP contribution is -2.39. The van der Waals surface area contributed by atoms with Crippen molar-refractivity contribution in [3.05, 3.63) is 29.8 Å². The molecule has 1 aliphatic rings. The van der Waals surface area contributed by atoms with Crippen molar-refractivity contribution in [1.82, 2.24) is 4.31 Å². The van der Waals surface area contributed by atoms with Crippen molar-refractivity contribution in [1.29, 1.82) is 0 Å². The molecule has 0 aromatic heterocycles. The molecule has 0 unspecified atom stereocenters. The van der Waals surface area contributed by atoms with Crippen molar-refractivity contribution in [2.24, 2.45) is 17.6 Å². The molecule has 6 heteroatoms. The maximum absolute atomic E-state index is 12.7. The first-order valence-corrected chi connectivity index (χ1v) is 9.66. The Kier molecular flexibility index (Phi) is 8.01. The van der Waals surface area contributed by atoms with E-state index in [4.69, 9.17) is 5.73 Å². The summed E-state index contributed by atoms with van der Waals surface area (Å²) in [5.41, 5.74) is 6.87. The maximum atomic E-state index is 12.7. The summed E-state index contributed by atoms with van der Waals surface area (Å²) in [5, 5.41) is 0. The fraction of sp³-hybridized carbons (Fsp3) is 0.647. The number of piperidine rings is 1. The average Bonchev–Trinajstić information content (AvgIpc) is 2.53. The third-order valence-corrected chi connectivity index (χ3v) is 6.39. The summed E-state index contributed by atoms with van der Waals surface area (Å²) in [7, 11) is -3.35. The molecule has 0 atom stereocenters. The van der Waals surface area contributed by atoms with E-state index >= 15 is 0 Å². The highest BCUT2D eigenvalue weighted by Crippen LogP contribution is 2.23. The minimum atomic E-state index is -3.35. The van der Waals surface area contributed by atoms with E-state index in [1.807, 2.05) is 12.1 Å². The molecule has 1 fully saturated rings. The van der Waals surface area contributed by atoms with Crippen LogP contribution in [0.4, 0.5) is 0 Å². The maximum Gasteiger partial charge on any atom is 0.243 e. The summed E-state index contributed by atoms with van der Waals surface area (Å²) in [4.78, 5) is 0.409. The van der Waals surface area contributed by atoms with Crippen molar-refractivity contribution >= 4 is 22.4 Å². The molecule has 2 rings (SSSR count). The number of benzene rings is 1. The highest BCUT2D eigenvalue weighted by molar-refractivity contribution is 7.89. The first-order valence-electron chi connectivity index (χ1n) is 8.22. The van der Waals surface area contributed by atoms with Crippen LogP contribution in [0.3, 0.4) is 0 Å². The Morgan fingerprint density at radius 2 is 1.74 bits per heavy atom. The Balaban J connectivity index is 0.00000264. The van der Waals surface area contributed by atoms with E-state index in [-0.39, 0.29) is 12.4 Å². The van der Waals surface area contributed by atoms with Gasteiger partial charge >= 0.3 is 0 Å². The minimum absolute atomic E-state index is 0. The van der Waals surface area contributed by atoms with E-state index in [1.165, 1.54) is 5.56 Å². The number of nitrogens with two attached hydrogens (primary N) is 1. The molecule has 1 heterocycles. The monoisotopic (exact) mass is 360 g/mol. The summed E-state index contributed by atoms with van der Waals surface area (Å²) in [6, 6.07) is 7.39. The third kappa shape index (κ3) is 5.45. The van der Waals surface area contributed by atoms with Gasteiger partial charge in [0.05, 0.1) is 4.90 Å². The summed E-state index contributed by atoms with van der Waals surface area (Å²) < 4.78 is 26.9. The first kappa shape index (κ1) is 20.4. The van der Waals surface area contributed by atoms with Gasteiger partial charge in [-0.2, -0.15) is 4.31 Å². The molecule has 1 saturated heterocycles. The largest absolute Gasteiger partial charge is 0.330 e. The van der Waals surface area contributed by atoms with Crippen LogP contribution in [0.5, 0.6) is 0 Å². The van der Waals surface area contributed by atoms with Gasteiger partial charge in [-0.1, -0.05) is 26.0 Å². The Labute approximate surface area is 146 Å². The van der Waals surface area contributed by atoms with E-state index in [0.717, 1.165) is 25.7 Å². The zero-order valence-corrected chi connectivity index (χ0v) is 15.7. The van der Waals surface area contributed by atoms with Crippen molar-refractivity contribution in [3.63, 3.8) is 0 Å². The van der Waals surface area contributed by atoms with Gasteiger partial charge in [-0.15, -0.1) is 12.4 Å². The Morgan fingerprint density at radius 3 is 2.22 bits per heavy atom. The second-order valence-electron chi connectivity index (χ2n) is 6.66. The molecule has 2 N–H and O–H groups in total. The lowest BCUT2D eigenvalue weighted by molar-refractivity contribution is 0.278. The molecular formula is C17H29ClN2O2S. The van der Waals surface area contributed by atoms with Crippen molar-refractivity contribution in [3.8, 4) is 0 Å². The summed E-state index contributed by atoms with van der Waals surface area (Å²) in [6.45, 7) is 6.21. The molecular weight excluding hydrogens is 332 g/mol. The average molecular weight is 361 g/mol. The fourth-order valence-electron chi connectivity index (χ4n) is 2.82. The SMILES string of the molecule is CC(C)CCc1ccc(S(=O)(=O)N2CCC(CN)CC2)cc1.Cl. The zero-order valence-electron chi connectivity index (χ0n) is 14.1. The number of rotatable bonds is 6. The van der Waals surface area contributed by atoms with Crippen LogP contribution < -0.4 is 5.73 Å². The lowest BCUT2D eigenvalue weighted by Gasteiger charge is -2.30. The predicted octanol–water partition coefficient (Wildman–Crippen LogP) is 3.06. The number of sulfonamides is 1. The molecule has 0 amide bonds. The second kappa shape index (κ2) is 9.02. The van der Waals surface area contributed by atoms with Crippen molar-refractivity contribution in [2.45, 2.75) is 44.4 Å². The highest BCUT2D eigenvalue weighted by Gasteiger charge is 2.28. The van der Waals surface area contributed by atoms with E-state index in [1.54, 1.807) is 16.4 Å². The number of hydrogen-bond acceptors (Lipinski definition) is 3. The molecule has 4 nitrogen and oxygen atoms in total. The zero-order chi connectivity index (χ0) is 16.2. The molecule has 1 aromatic rings. The molecule has 1 aromatic carbocycles. The van der Waals surface area contributed by atoms with Gasteiger partial charge in [0.15, 0.2) is 0 Å². The Bertz CT molecular complexity index is 565. The molecule has 0 radical (unpaired) electrons. The van der Waals surface area contributed by atoms with Gasteiger partial charge < -0.3 is 5.73 Å². The summed E-state index contributed by atoms with van der Waals surface area (Å²) >= 11 is 0. The Morgan fingerprint density at radius 1 is 1.17 bits per heavy atom. The number of aryl methyl sites for hydroxylation is 1. The smallest absolute Gasteiger partial charge is 0.243 e. The quantitative estimate of drug-likeness (QED) is 0.847. The van der Waals surface area contributed by atoms with E-state index < -0.39 is 10.0 Å². The lowest BCUT2D eigenvalue weighted by atomic mass is 9.99. The molecule has 1 aliphatic heterocycles. The fourth-order valence-corrected chi connectivity index (χ4v) is 4.29. The summed E-state index contributed by atoms with van der Waals surface area (Å²) in [5.74, 6) is 1.12. The van der Waals surface area contributed by atoms with Gasteiger partial charge in [0.2, 0.25) is 10.0 Å². The van der Waals surface area contributed by atoms with Crippen LogP contribution in [-0.4, -0.2) is 32.4 Å². The van der Waals surface area contributed by atoms with Gasteiger partial charge in [0.25, 0.3) is 0 Å². The highest BCUT2D eigenvalue weighted by atomic mass is 35.5. The Hall–Kier alpha value is -0.620. The first-order chi connectivity index (χ1) is 10.4. The van der Waals surface area contributed by atoms with Crippen LogP contribution in [0.15, 0.2) is 29.2 Å². The van der Waals surface area contributed by atoms with E-state index in [9.17, 15) is 8.42 Å². The molecule has 0 saturated carbocycles. The van der Waals surface area contributed by atoms with Gasteiger partial charge in [-0.25, -0.2) is 8.42 Å². The third-order valence-electron chi connectivity index (χ3n) is 4.48. The topological polar surface area (TPSA) is 63.4 Å². The standard InChI is InChI=1S/C17H28N2O2S.ClH/c1-14(2)3-4-15-5-7-17(8-6-15)22(20,21)19-11-9-16(13-18)10-12-19;/h5-8,14,16H,3-4,9-13,18H2,1-2H3;1H. The van der Waals surface area contributed by atoms with Gasteiger partial charge in [0.1, 0.15) is 0 Å². The number of hydrogen-bond donors (Lipinski definition) is 1. The summed E-state index contributed by atoms with van der Waals surface area (Å²) in [6.07, 6.45) is 3.85. The van der Waals surface area contributed by atoms with E-state index in [2.05, 4.69) is 13.8 Å². The predicted molar refractivity (Wildman–Crippen MR) is 97.4 cm³/mol. The van der Waals surface area contributed by atoms with Crippen LogP contribution in [-0.2, 0) is 16.4 Å². The molecule has 132 valence electrons. The molecule has 0 bridgehead atoms. The van der Waals surface area contributed by atoms with Gasteiger partial charge in [-0.05, 0) is 61.8 Å². The van der Waals surface area contributed by atoms with Crippen LogP contribution in [0.25, 0.3) is 0 Å². The van der Waals surface area contributed by atoms with Crippen molar-refractivity contribution < 1.29 is 8.42 Å². The van der Waals surface area contributed by atoms with Crippen LogP contribution in [0, 0.1) is 11.8 Å². The van der Waals surface area contributed by atoms with Crippen molar-refractivity contribution in [2.75, 3.05) is 19.6 Å². The van der Waals surface area contributed by atoms with Crippen LogP contribution >= 0.6 is 12.4 Å².